The second-order valence-corrected chi connectivity index (χ2v) is 6.53. The van der Waals surface area contributed by atoms with Crippen molar-refractivity contribution < 1.29 is 32.9 Å². The second kappa shape index (κ2) is 7.34. The lowest BCUT2D eigenvalue weighted by Gasteiger charge is -2.27. The number of aromatic nitrogens is 3. The average molecular weight is 420 g/mol. The number of rotatable bonds is 4. The predicted octanol–water partition coefficient (Wildman–Crippen LogP) is 2.91. The summed E-state index contributed by atoms with van der Waals surface area (Å²) in [4.78, 5) is 15.1. The van der Waals surface area contributed by atoms with Gasteiger partial charge in [-0.15, -0.1) is 0 Å². The number of halogens is 3. The maximum atomic E-state index is 13.6. The number of hydrogen-bond donors (Lipinski definition) is 3. The van der Waals surface area contributed by atoms with Crippen LogP contribution in [0, 0.1) is 0 Å². The van der Waals surface area contributed by atoms with E-state index in [0.717, 1.165) is 4.68 Å². The number of fused-ring (bicyclic) bond motifs is 1. The molecule has 4 rings (SSSR count). The summed E-state index contributed by atoms with van der Waals surface area (Å²) in [5.74, 6) is -1.59. The minimum Gasteiger partial charge on any atom is -0.493 e. The lowest BCUT2D eigenvalue weighted by Crippen LogP contribution is -2.33. The summed E-state index contributed by atoms with van der Waals surface area (Å²) in [6.45, 7) is 0.0304. The summed E-state index contributed by atoms with van der Waals surface area (Å²) in [7, 11) is 0. The van der Waals surface area contributed by atoms with Crippen molar-refractivity contribution in [3.63, 3.8) is 0 Å². The van der Waals surface area contributed by atoms with Crippen molar-refractivity contribution in [3.05, 3.63) is 65.1 Å². The van der Waals surface area contributed by atoms with Crippen molar-refractivity contribution in [2.45, 2.75) is 18.8 Å². The Hall–Kier alpha value is -3.60. The normalized spacial score (nSPS) is 16.2. The molecule has 3 heterocycles. The summed E-state index contributed by atoms with van der Waals surface area (Å²) in [5, 5.41) is 25.6. The first-order chi connectivity index (χ1) is 14.3. The van der Waals surface area contributed by atoms with Crippen LogP contribution in [0.2, 0.25) is 0 Å². The molecule has 1 aliphatic heterocycles. The molecule has 156 valence electrons. The third kappa shape index (κ3) is 3.54. The van der Waals surface area contributed by atoms with Crippen LogP contribution < -0.4 is 10.1 Å². The van der Waals surface area contributed by atoms with Gasteiger partial charge in [0.25, 0.3) is 0 Å². The molecule has 0 saturated carbocycles. The molecule has 11 heteroatoms. The number of alkyl halides is 3. The molecular weight excluding hydrogens is 405 g/mol. The van der Waals surface area contributed by atoms with Crippen LogP contribution in [-0.4, -0.2) is 37.5 Å². The van der Waals surface area contributed by atoms with E-state index in [1.165, 1.54) is 36.5 Å². The molecule has 3 N–H and O–H groups in total. The topological polar surface area (TPSA) is 110 Å². The number of benzene rings is 1. The Morgan fingerprint density at radius 1 is 1.27 bits per heavy atom. The van der Waals surface area contributed by atoms with E-state index in [0.29, 0.717) is 0 Å². The molecule has 1 unspecified atom stereocenters. The molecule has 0 radical (unpaired) electrons. The van der Waals surface area contributed by atoms with Crippen molar-refractivity contribution >= 4 is 5.97 Å². The fraction of sp³-hybridized carbons (Fsp3) is 0.211. The number of aromatic hydroxyl groups is 1. The number of ether oxygens (including phenoxy) is 1. The van der Waals surface area contributed by atoms with Gasteiger partial charge in [-0.2, -0.15) is 18.3 Å². The van der Waals surface area contributed by atoms with Crippen LogP contribution in [0.5, 0.6) is 11.6 Å². The van der Waals surface area contributed by atoms with Crippen molar-refractivity contribution in [3.8, 4) is 17.3 Å². The van der Waals surface area contributed by atoms with E-state index in [1.807, 2.05) is 0 Å². The molecule has 2 aromatic heterocycles. The van der Waals surface area contributed by atoms with Crippen LogP contribution in [0.1, 0.15) is 33.4 Å². The van der Waals surface area contributed by atoms with Gasteiger partial charge in [-0.05, 0) is 18.2 Å². The molecular formula is C19H15F3N4O4. The summed E-state index contributed by atoms with van der Waals surface area (Å²) in [6.07, 6.45) is -4.44. The zero-order valence-corrected chi connectivity index (χ0v) is 15.2. The monoisotopic (exact) mass is 420 g/mol. The van der Waals surface area contributed by atoms with Crippen LogP contribution in [0.4, 0.5) is 13.2 Å². The van der Waals surface area contributed by atoms with Crippen molar-refractivity contribution in [1.29, 1.82) is 0 Å². The fourth-order valence-corrected chi connectivity index (χ4v) is 3.35. The molecule has 0 spiro atoms. The zero-order valence-electron chi connectivity index (χ0n) is 15.2. The standard InChI is InChI=1S/C19H15F3N4O4/c20-19(21,22)17-12-8-23-9-14(30-13-4-2-1-3-11(13)18(28)29)16(12)26(25-17)10-5-6-24-15(27)7-10/h1-7,14,23H,8-9H2,(H,24,27)(H,28,29). The fourth-order valence-electron chi connectivity index (χ4n) is 3.35. The highest BCUT2D eigenvalue weighted by atomic mass is 19.4. The highest BCUT2D eigenvalue weighted by Gasteiger charge is 2.42. The number of carboxylic acids is 1. The van der Waals surface area contributed by atoms with Crippen molar-refractivity contribution in [1.82, 2.24) is 20.1 Å². The maximum absolute atomic E-state index is 13.6. The third-order valence-corrected chi connectivity index (χ3v) is 4.59. The van der Waals surface area contributed by atoms with Gasteiger partial charge in [0.2, 0.25) is 5.88 Å². The largest absolute Gasteiger partial charge is 0.493 e. The van der Waals surface area contributed by atoms with Crippen LogP contribution in [0.25, 0.3) is 5.69 Å². The van der Waals surface area contributed by atoms with Gasteiger partial charge in [-0.1, -0.05) is 12.1 Å². The van der Waals surface area contributed by atoms with Gasteiger partial charge in [0.15, 0.2) is 11.8 Å². The van der Waals surface area contributed by atoms with Gasteiger partial charge in [0.05, 0.1) is 11.4 Å². The number of aromatic carboxylic acids is 1. The Morgan fingerprint density at radius 3 is 2.73 bits per heavy atom. The van der Waals surface area contributed by atoms with Crippen LogP contribution in [-0.2, 0) is 12.7 Å². The SMILES string of the molecule is O=C(O)c1ccccc1OC1CNCc2c(C(F)(F)F)nn(-c3ccnc(O)c3)c21. The van der Waals surface area contributed by atoms with E-state index in [9.17, 15) is 28.2 Å². The molecule has 8 nitrogen and oxygen atoms in total. The first-order valence-electron chi connectivity index (χ1n) is 8.80. The number of hydrogen-bond acceptors (Lipinski definition) is 6. The van der Waals surface area contributed by atoms with Gasteiger partial charge in [0, 0.05) is 30.9 Å². The van der Waals surface area contributed by atoms with Gasteiger partial charge in [0.1, 0.15) is 11.3 Å². The van der Waals surface area contributed by atoms with Crippen LogP contribution >= 0.6 is 0 Å². The molecule has 0 saturated heterocycles. The Labute approximate surface area is 167 Å². The zero-order chi connectivity index (χ0) is 21.5. The third-order valence-electron chi connectivity index (χ3n) is 4.59. The molecule has 0 amide bonds. The van der Waals surface area contributed by atoms with Crippen molar-refractivity contribution in [2.75, 3.05) is 6.54 Å². The van der Waals surface area contributed by atoms with E-state index < -0.39 is 23.9 Å². The Kier molecular flexibility index (Phi) is 4.82. The van der Waals surface area contributed by atoms with Crippen molar-refractivity contribution in [2.24, 2.45) is 0 Å². The highest BCUT2D eigenvalue weighted by Crippen LogP contribution is 2.39. The lowest BCUT2D eigenvalue weighted by atomic mass is 10.0. The van der Waals surface area contributed by atoms with E-state index >= 15 is 0 Å². The van der Waals surface area contributed by atoms with Crippen LogP contribution in [0.3, 0.4) is 0 Å². The predicted molar refractivity (Wildman–Crippen MR) is 96.5 cm³/mol. The lowest BCUT2D eigenvalue weighted by molar-refractivity contribution is -0.142. The number of carbonyl (C=O) groups is 1. The smallest absolute Gasteiger partial charge is 0.435 e. The minimum absolute atomic E-state index is 0.0172. The molecule has 0 aliphatic carbocycles. The molecule has 1 atom stereocenters. The molecule has 0 bridgehead atoms. The summed E-state index contributed by atoms with van der Waals surface area (Å²) >= 11 is 0. The Bertz CT molecular complexity index is 1110. The summed E-state index contributed by atoms with van der Waals surface area (Å²) in [5.41, 5.74) is -1.03. The highest BCUT2D eigenvalue weighted by molar-refractivity contribution is 5.90. The number of nitrogens with one attached hydrogen (secondary N) is 1. The van der Waals surface area contributed by atoms with E-state index in [1.54, 1.807) is 6.07 Å². The molecule has 30 heavy (non-hydrogen) atoms. The average Bonchev–Trinajstić information content (AvgIpc) is 3.09. The maximum Gasteiger partial charge on any atom is 0.435 e. The van der Waals surface area contributed by atoms with Gasteiger partial charge in [-0.25, -0.2) is 14.5 Å². The summed E-state index contributed by atoms with van der Waals surface area (Å²) in [6, 6.07) is 8.44. The Balaban J connectivity index is 1.86. The van der Waals surface area contributed by atoms with Gasteiger partial charge >= 0.3 is 12.1 Å². The summed E-state index contributed by atoms with van der Waals surface area (Å²) < 4.78 is 47.8. The minimum atomic E-state index is -4.72. The van der Waals surface area contributed by atoms with Crippen LogP contribution in [0.15, 0.2) is 42.6 Å². The van der Waals surface area contributed by atoms with E-state index in [4.69, 9.17) is 4.74 Å². The molecule has 0 fully saturated rings. The van der Waals surface area contributed by atoms with Gasteiger partial charge in [-0.3, -0.25) is 0 Å². The molecule has 1 aliphatic rings. The number of nitrogens with zero attached hydrogens (tertiary/aromatic N) is 3. The first-order valence-corrected chi connectivity index (χ1v) is 8.80. The second-order valence-electron chi connectivity index (χ2n) is 6.53. The number of para-hydroxylation sites is 1. The first kappa shape index (κ1) is 19.7. The number of pyridine rings is 1. The quantitative estimate of drug-likeness (QED) is 0.595. The van der Waals surface area contributed by atoms with E-state index in [-0.39, 0.29) is 47.2 Å². The van der Waals surface area contributed by atoms with Gasteiger partial charge < -0.3 is 20.3 Å². The van der Waals surface area contributed by atoms with E-state index in [2.05, 4.69) is 15.4 Å². The number of carboxylic acid groups (broad SMARTS) is 1. The Morgan fingerprint density at radius 2 is 2.03 bits per heavy atom. The molecule has 1 aromatic carbocycles. The molecule has 3 aromatic rings.